The van der Waals surface area contributed by atoms with E-state index in [0.29, 0.717) is 32.9 Å². The first-order valence-corrected chi connectivity index (χ1v) is 14.4. The molecule has 1 N–H and O–H groups in total. The van der Waals surface area contributed by atoms with E-state index in [1.165, 1.54) is 31.5 Å². The normalized spacial score (nSPS) is 16.6. The number of rotatable bonds is 6. The fraction of sp³-hybridized carbons (Fsp3) is 0.267. The summed E-state index contributed by atoms with van der Waals surface area (Å²) in [7, 11) is 0. The van der Waals surface area contributed by atoms with Crippen LogP contribution in [-0.2, 0) is 10.5 Å². The van der Waals surface area contributed by atoms with E-state index in [9.17, 15) is 9.59 Å². The Morgan fingerprint density at radius 2 is 1.87 bits per heavy atom. The minimum absolute atomic E-state index is 0.153. The van der Waals surface area contributed by atoms with Gasteiger partial charge < -0.3 is 4.74 Å². The molecule has 4 aromatic rings. The highest BCUT2D eigenvalue weighted by Crippen LogP contribution is 2.38. The van der Waals surface area contributed by atoms with E-state index >= 15 is 0 Å². The number of ether oxygens (including phenoxy) is 1. The Bertz CT molecular complexity index is 1600. The highest BCUT2D eigenvalue weighted by atomic mass is 35.5. The second-order valence-corrected chi connectivity index (χ2v) is 11.2. The zero-order chi connectivity index (χ0) is 26.9. The highest BCUT2D eigenvalue weighted by molar-refractivity contribution is 7.98. The SMILES string of the molecule is CC(=O)N1c2ccccc2-c2c(=O)[nH]c(SCc3ccccc3Cl)n[n+]2C1c1cccc(OC2CCCC2)c1. The number of para-hydroxylation sites is 1. The van der Waals surface area contributed by atoms with Crippen molar-refractivity contribution in [2.75, 3.05) is 4.90 Å². The summed E-state index contributed by atoms with van der Waals surface area (Å²) in [6.45, 7) is 1.54. The van der Waals surface area contributed by atoms with Gasteiger partial charge in [0.15, 0.2) is 0 Å². The third-order valence-electron chi connectivity index (χ3n) is 7.18. The lowest BCUT2D eigenvalue weighted by Crippen LogP contribution is -2.60. The Hall–Kier alpha value is -3.62. The smallest absolute Gasteiger partial charge is 0.325 e. The molecule has 1 unspecified atom stereocenters. The molecule has 1 saturated carbocycles. The molecule has 7 nitrogen and oxygen atoms in total. The van der Waals surface area contributed by atoms with Crippen molar-refractivity contribution < 1.29 is 14.2 Å². The standard InChI is InChI=1S/C30H27ClN4O3S/c1-19(36)34-26-16-7-5-14-24(26)27-28(37)32-30(39-18-21-9-2-6-15-25(21)31)33-35(27)29(34)20-10-8-13-23(17-20)38-22-11-3-4-12-22/h2,5-10,13-17,22,29H,3-4,11-12,18H2,1H3/p+1. The Morgan fingerprint density at radius 1 is 1.10 bits per heavy atom. The largest absolute Gasteiger partial charge is 0.490 e. The number of nitrogens with zero attached hydrogens (tertiary/aromatic N) is 3. The molecular formula is C30H28ClN4O3S+. The molecule has 198 valence electrons. The third-order valence-corrected chi connectivity index (χ3v) is 8.46. The van der Waals surface area contributed by atoms with Crippen LogP contribution in [-0.4, -0.2) is 22.1 Å². The van der Waals surface area contributed by atoms with Gasteiger partial charge in [-0.15, -0.1) is 0 Å². The predicted molar refractivity (Wildman–Crippen MR) is 152 cm³/mol. The summed E-state index contributed by atoms with van der Waals surface area (Å²) < 4.78 is 7.96. The average molecular weight is 560 g/mol. The van der Waals surface area contributed by atoms with Gasteiger partial charge in [-0.05, 0) is 72.3 Å². The van der Waals surface area contributed by atoms with Crippen molar-refractivity contribution in [3.05, 3.63) is 99.3 Å². The number of H-pyrrole nitrogens is 1. The molecule has 0 saturated heterocycles. The molecule has 6 rings (SSSR count). The van der Waals surface area contributed by atoms with Crippen LogP contribution in [0, 0.1) is 0 Å². The van der Waals surface area contributed by atoms with E-state index in [2.05, 4.69) is 4.98 Å². The fourth-order valence-electron chi connectivity index (χ4n) is 5.39. The van der Waals surface area contributed by atoms with E-state index in [-0.39, 0.29) is 17.6 Å². The summed E-state index contributed by atoms with van der Waals surface area (Å²) in [5.74, 6) is 1.13. The summed E-state index contributed by atoms with van der Waals surface area (Å²) in [6, 6.07) is 22.8. The van der Waals surface area contributed by atoms with E-state index in [4.69, 9.17) is 21.4 Å². The molecule has 1 atom stereocenters. The molecule has 2 heterocycles. The first-order chi connectivity index (χ1) is 19.0. The monoisotopic (exact) mass is 559 g/mol. The summed E-state index contributed by atoms with van der Waals surface area (Å²) in [5.41, 5.74) is 3.20. The number of amides is 1. The summed E-state index contributed by atoms with van der Waals surface area (Å²) >= 11 is 7.75. The van der Waals surface area contributed by atoms with Gasteiger partial charge in [-0.3, -0.25) is 14.6 Å². The first kappa shape index (κ1) is 25.6. The lowest BCUT2D eigenvalue weighted by molar-refractivity contribution is -0.763. The van der Waals surface area contributed by atoms with Gasteiger partial charge in [-0.1, -0.05) is 59.8 Å². The van der Waals surface area contributed by atoms with Gasteiger partial charge in [0, 0.05) is 28.4 Å². The van der Waals surface area contributed by atoms with Crippen LogP contribution < -0.4 is 19.9 Å². The molecule has 1 aliphatic carbocycles. The first-order valence-electron chi connectivity index (χ1n) is 13.1. The third kappa shape index (κ3) is 5.06. The number of hydrogen-bond donors (Lipinski definition) is 1. The van der Waals surface area contributed by atoms with Crippen LogP contribution in [0.3, 0.4) is 0 Å². The summed E-state index contributed by atoms with van der Waals surface area (Å²) in [5, 5.41) is 5.99. The zero-order valence-electron chi connectivity index (χ0n) is 21.5. The second kappa shape index (κ2) is 10.9. The minimum atomic E-state index is -0.665. The maximum Gasteiger partial charge on any atom is 0.325 e. The quantitative estimate of drug-likeness (QED) is 0.235. The Balaban J connectivity index is 1.46. The van der Waals surface area contributed by atoms with Gasteiger partial charge in [-0.25, -0.2) is 4.90 Å². The Morgan fingerprint density at radius 3 is 2.67 bits per heavy atom. The van der Waals surface area contributed by atoms with Crippen LogP contribution >= 0.6 is 23.4 Å². The van der Waals surface area contributed by atoms with Gasteiger partial charge in [0.05, 0.1) is 17.4 Å². The van der Waals surface area contributed by atoms with Crippen molar-refractivity contribution >= 4 is 35.0 Å². The number of benzene rings is 3. The minimum Gasteiger partial charge on any atom is -0.490 e. The lowest BCUT2D eigenvalue weighted by atomic mass is 10.0. The summed E-state index contributed by atoms with van der Waals surface area (Å²) in [4.78, 5) is 31.4. The molecule has 0 radical (unpaired) electrons. The summed E-state index contributed by atoms with van der Waals surface area (Å²) in [6.07, 6.45) is 3.97. The number of aromatic nitrogens is 3. The van der Waals surface area contributed by atoms with Crippen molar-refractivity contribution in [2.45, 2.75) is 55.8 Å². The Labute approximate surface area is 235 Å². The number of carbonyl (C=O) groups is 1. The molecule has 0 bridgehead atoms. The van der Waals surface area contributed by atoms with Crippen LogP contribution in [0.15, 0.2) is 82.7 Å². The topological polar surface area (TPSA) is 79.2 Å². The molecule has 9 heteroatoms. The van der Waals surface area contributed by atoms with Crippen molar-refractivity contribution in [1.29, 1.82) is 0 Å². The van der Waals surface area contributed by atoms with Crippen molar-refractivity contribution in [3.63, 3.8) is 0 Å². The van der Waals surface area contributed by atoms with E-state index in [1.807, 2.05) is 72.8 Å². The second-order valence-electron chi connectivity index (χ2n) is 9.81. The highest BCUT2D eigenvalue weighted by Gasteiger charge is 2.45. The van der Waals surface area contributed by atoms with Crippen molar-refractivity contribution in [2.24, 2.45) is 0 Å². The number of aromatic amines is 1. The number of thioether (sulfide) groups is 1. The van der Waals surface area contributed by atoms with Crippen LogP contribution in [0.5, 0.6) is 5.75 Å². The molecule has 0 spiro atoms. The maximum absolute atomic E-state index is 13.6. The molecule has 1 amide bonds. The van der Waals surface area contributed by atoms with E-state index < -0.39 is 6.17 Å². The van der Waals surface area contributed by atoms with Crippen molar-refractivity contribution in [1.82, 2.24) is 10.1 Å². The number of carbonyl (C=O) groups excluding carboxylic acids is 1. The molecule has 1 fully saturated rings. The van der Waals surface area contributed by atoms with Crippen LogP contribution in [0.4, 0.5) is 5.69 Å². The van der Waals surface area contributed by atoms with Gasteiger partial charge in [-0.2, -0.15) is 0 Å². The zero-order valence-corrected chi connectivity index (χ0v) is 23.0. The lowest BCUT2D eigenvalue weighted by Gasteiger charge is -2.31. The van der Waals surface area contributed by atoms with Gasteiger partial charge in [0.2, 0.25) is 11.1 Å². The molecule has 2 aliphatic rings. The van der Waals surface area contributed by atoms with Crippen LogP contribution in [0.1, 0.15) is 49.9 Å². The predicted octanol–water partition coefficient (Wildman–Crippen LogP) is 5.90. The number of nitrogens with one attached hydrogen (secondary N) is 1. The molecule has 39 heavy (non-hydrogen) atoms. The van der Waals surface area contributed by atoms with E-state index in [0.717, 1.165) is 29.7 Å². The van der Waals surface area contributed by atoms with Crippen LogP contribution in [0.25, 0.3) is 11.3 Å². The molecule has 1 aromatic heterocycles. The number of hydrogen-bond acceptors (Lipinski definition) is 5. The average Bonchev–Trinajstić information content (AvgIpc) is 3.44. The number of halogens is 1. The molecular weight excluding hydrogens is 532 g/mol. The van der Waals surface area contributed by atoms with Crippen LogP contribution in [0.2, 0.25) is 5.02 Å². The molecule has 3 aromatic carbocycles. The molecule has 1 aliphatic heterocycles. The van der Waals surface area contributed by atoms with Gasteiger partial charge >= 0.3 is 11.3 Å². The van der Waals surface area contributed by atoms with Gasteiger partial charge in [0.1, 0.15) is 5.75 Å². The number of fused-ring (bicyclic) bond motifs is 3. The van der Waals surface area contributed by atoms with Gasteiger partial charge in [0.25, 0.3) is 6.17 Å². The Kier molecular flexibility index (Phi) is 7.14. The number of anilines is 1. The fourth-order valence-corrected chi connectivity index (χ4v) is 6.52. The van der Waals surface area contributed by atoms with Crippen molar-refractivity contribution in [3.8, 4) is 17.0 Å². The van der Waals surface area contributed by atoms with E-state index in [1.54, 1.807) is 9.58 Å². The maximum atomic E-state index is 13.6.